The Bertz CT molecular complexity index is 598. The molecule has 2 rings (SSSR count). The minimum absolute atomic E-state index is 0.0102. The van der Waals surface area contributed by atoms with Gasteiger partial charge in [-0.1, -0.05) is 6.92 Å². The molecule has 20 heavy (non-hydrogen) atoms. The van der Waals surface area contributed by atoms with Crippen LogP contribution >= 0.6 is 0 Å². The van der Waals surface area contributed by atoms with Crippen LogP contribution in [-0.4, -0.2) is 30.1 Å². The van der Waals surface area contributed by atoms with E-state index in [1.54, 1.807) is 0 Å². The molecule has 0 amide bonds. The zero-order valence-corrected chi connectivity index (χ0v) is 12.5. The van der Waals surface area contributed by atoms with E-state index in [-0.39, 0.29) is 16.6 Å². The highest BCUT2D eigenvalue weighted by Crippen LogP contribution is 2.25. The molecule has 1 aliphatic rings. The van der Waals surface area contributed by atoms with E-state index in [9.17, 15) is 13.2 Å². The van der Waals surface area contributed by atoms with E-state index in [0.29, 0.717) is 5.92 Å². The van der Waals surface area contributed by atoms with Crippen LogP contribution in [0.5, 0.6) is 0 Å². The number of carboxylic acids is 1. The van der Waals surface area contributed by atoms with Gasteiger partial charge in [0.15, 0.2) is 0 Å². The van der Waals surface area contributed by atoms with Crippen molar-refractivity contribution in [3.8, 4) is 0 Å². The summed E-state index contributed by atoms with van der Waals surface area (Å²) in [6, 6.07) is 1.14. The van der Waals surface area contributed by atoms with Crippen LogP contribution < -0.4 is 4.72 Å². The van der Waals surface area contributed by atoms with Crippen LogP contribution in [0, 0.1) is 5.92 Å². The number of aryl methyl sites for hydroxylation is 1. The van der Waals surface area contributed by atoms with Crippen molar-refractivity contribution < 1.29 is 18.3 Å². The highest BCUT2D eigenvalue weighted by Gasteiger charge is 2.26. The lowest BCUT2D eigenvalue weighted by molar-refractivity contribution is 0.0686. The van der Waals surface area contributed by atoms with Crippen LogP contribution in [0.2, 0.25) is 0 Å². The highest BCUT2D eigenvalue weighted by atomic mass is 32.2. The monoisotopic (exact) mass is 300 g/mol. The Labute approximate surface area is 118 Å². The molecule has 1 fully saturated rings. The molecule has 0 bridgehead atoms. The number of nitrogens with one attached hydrogen (secondary N) is 1. The van der Waals surface area contributed by atoms with Gasteiger partial charge in [-0.05, 0) is 37.7 Å². The molecule has 0 aromatic carbocycles. The fourth-order valence-electron chi connectivity index (χ4n) is 2.56. The largest absolute Gasteiger partial charge is 0.477 e. The van der Waals surface area contributed by atoms with E-state index >= 15 is 0 Å². The molecule has 0 saturated heterocycles. The summed E-state index contributed by atoms with van der Waals surface area (Å²) in [5.74, 6) is -0.494. The summed E-state index contributed by atoms with van der Waals surface area (Å²) in [6.45, 7) is 2.17. The van der Waals surface area contributed by atoms with Crippen molar-refractivity contribution in [1.29, 1.82) is 0 Å². The Hall–Kier alpha value is -1.34. The van der Waals surface area contributed by atoms with E-state index in [4.69, 9.17) is 5.11 Å². The second-order valence-electron chi connectivity index (χ2n) is 5.56. The summed E-state index contributed by atoms with van der Waals surface area (Å²) in [4.78, 5) is 11.0. The number of hydrogen-bond donors (Lipinski definition) is 2. The molecule has 0 spiro atoms. The maximum absolute atomic E-state index is 12.3. The second kappa shape index (κ2) is 5.57. The molecule has 0 atom stereocenters. The van der Waals surface area contributed by atoms with Gasteiger partial charge in [-0.3, -0.25) is 0 Å². The van der Waals surface area contributed by atoms with E-state index < -0.39 is 16.0 Å². The number of carbonyl (C=O) groups is 1. The van der Waals surface area contributed by atoms with Crippen LogP contribution in [0.3, 0.4) is 0 Å². The van der Waals surface area contributed by atoms with Crippen LogP contribution in [0.25, 0.3) is 0 Å². The van der Waals surface area contributed by atoms with Crippen LogP contribution in [0.1, 0.15) is 43.1 Å². The molecule has 0 aliphatic heterocycles. The Morgan fingerprint density at radius 2 is 1.95 bits per heavy atom. The number of rotatable bonds is 4. The van der Waals surface area contributed by atoms with Crippen LogP contribution in [0.15, 0.2) is 17.2 Å². The molecule has 1 heterocycles. The average Bonchev–Trinajstić information content (AvgIpc) is 2.75. The number of carboxylic acid groups (broad SMARTS) is 1. The molecular weight excluding hydrogens is 280 g/mol. The van der Waals surface area contributed by atoms with Gasteiger partial charge in [-0.15, -0.1) is 0 Å². The van der Waals surface area contributed by atoms with Gasteiger partial charge in [-0.2, -0.15) is 0 Å². The number of hydrogen-bond acceptors (Lipinski definition) is 3. The third kappa shape index (κ3) is 3.21. The first kappa shape index (κ1) is 15.1. The Kier molecular flexibility index (Phi) is 4.19. The number of sulfonamides is 1. The van der Waals surface area contributed by atoms with Gasteiger partial charge in [0.2, 0.25) is 10.0 Å². The molecular formula is C13H20N2O4S. The molecule has 7 heteroatoms. The lowest BCUT2D eigenvalue weighted by Crippen LogP contribution is -2.37. The van der Waals surface area contributed by atoms with Gasteiger partial charge < -0.3 is 9.67 Å². The summed E-state index contributed by atoms with van der Waals surface area (Å²) in [5, 5.41) is 8.96. The molecule has 0 unspecified atom stereocenters. The number of nitrogens with zero attached hydrogens (tertiary/aromatic N) is 1. The first-order chi connectivity index (χ1) is 9.29. The van der Waals surface area contributed by atoms with Crippen LogP contribution in [0.4, 0.5) is 0 Å². The van der Waals surface area contributed by atoms with Crippen molar-refractivity contribution in [1.82, 2.24) is 9.29 Å². The van der Waals surface area contributed by atoms with Gasteiger partial charge in [0, 0.05) is 19.3 Å². The summed E-state index contributed by atoms with van der Waals surface area (Å²) >= 11 is 0. The molecule has 112 valence electrons. The van der Waals surface area contributed by atoms with E-state index in [0.717, 1.165) is 25.7 Å². The molecule has 1 saturated carbocycles. The van der Waals surface area contributed by atoms with Gasteiger partial charge in [0.25, 0.3) is 0 Å². The van der Waals surface area contributed by atoms with Crippen molar-refractivity contribution >= 4 is 16.0 Å². The number of aromatic nitrogens is 1. The predicted molar refractivity (Wildman–Crippen MR) is 74.1 cm³/mol. The lowest BCUT2D eigenvalue weighted by atomic mass is 9.88. The maximum atomic E-state index is 12.3. The van der Waals surface area contributed by atoms with E-state index in [1.165, 1.54) is 23.9 Å². The van der Waals surface area contributed by atoms with Crippen molar-refractivity contribution in [2.75, 3.05) is 0 Å². The second-order valence-corrected chi connectivity index (χ2v) is 7.27. The van der Waals surface area contributed by atoms with Crippen molar-refractivity contribution in [3.63, 3.8) is 0 Å². The Morgan fingerprint density at radius 3 is 2.45 bits per heavy atom. The molecule has 2 N–H and O–H groups in total. The maximum Gasteiger partial charge on any atom is 0.352 e. The first-order valence-electron chi connectivity index (χ1n) is 6.71. The molecule has 6 nitrogen and oxygen atoms in total. The SMILES string of the molecule is CC1CCC(NS(=O)(=O)c2cc(C(=O)O)n(C)c2)CC1. The third-order valence-corrected chi connectivity index (χ3v) is 5.33. The Morgan fingerprint density at radius 1 is 1.35 bits per heavy atom. The minimum atomic E-state index is -3.65. The van der Waals surface area contributed by atoms with Gasteiger partial charge in [0.1, 0.15) is 10.6 Å². The van der Waals surface area contributed by atoms with E-state index in [2.05, 4.69) is 11.6 Å². The summed E-state index contributed by atoms with van der Waals surface area (Å²) < 4.78 is 28.5. The molecule has 1 aromatic rings. The fraction of sp³-hybridized carbons (Fsp3) is 0.615. The molecule has 1 aliphatic carbocycles. The minimum Gasteiger partial charge on any atom is -0.477 e. The van der Waals surface area contributed by atoms with Crippen LogP contribution in [-0.2, 0) is 17.1 Å². The summed E-state index contributed by atoms with van der Waals surface area (Å²) in [5.41, 5.74) is -0.0392. The zero-order valence-electron chi connectivity index (χ0n) is 11.7. The molecule has 0 radical (unpaired) electrons. The summed E-state index contributed by atoms with van der Waals surface area (Å²) in [7, 11) is -2.13. The highest BCUT2D eigenvalue weighted by molar-refractivity contribution is 7.89. The van der Waals surface area contributed by atoms with Crippen molar-refractivity contribution in [2.24, 2.45) is 13.0 Å². The van der Waals surface area contributed by atoms with Crippen molar-refractivity contribution in [2.45, 2.75) is 43.5 Å². The predicted octanol–water partition coefficient (Wildman–Crippen LogP) is 1.58. The fourth-order valence-corrected chi connectivity index (χ4v) is 3.93. The number of aromatic carboxylic acids is 1. The average molecular weight is 300 g/mol. The van der Waals surface area contributed by atoms with Gasteiger partial charge in [-0.25, -0.2) is 17.9 Å². The molecule has 1 aromatic heterocycles. The topological polar surface area (TPSA) is 88.4 Å². The standard InChI is InChI=1S/C13H20N2O4S/c1-9-3-5-10(6-4-9)14-20(18,19)11-7-12(13(16)17)15(2)8-11/h7-10,14H,3-6H2,1-2H3,(H,16,17). The van der Waals surface area contributed by atoms with E-state index in [1.807, 2.05) is 0 Å². The van der Waals surface area contributed by atoms with Gasteiger partial charge in [0.05, 0.1) is 0 Å². The normalized spacial score (nSPS) is 23.7. The Balaban J connectivity index is 2.14. The van der Waals surface area contributed by atoms with Gasteiger partial charge >= 0.3 is 5.97 Å². The lowest BCUT2D eigenvalue weighted by Gasteiger charge is -2.26. The first-order valence-corrected chi connectivity index (χ1v) is 8.20. The van der Waals surface area contributed by atoms with Crippen molar-refractivity contribution in [3.05, 3.63) is 18.0 Å². The zero-order chi connectivity index (χ0) is 14.9. The smallest absolute Gasteiger partial charge is 0.352 e. The summed E-state index contributed by atoms with van der Waals surface area (Å²) in [6.07, 6.45) is 5.03. The quantitative estimate of drug-likeness (QED) is 0.883. The third-order valence-electron chi connectivity index (χ3n) is 3.85.